The van der Waals surface area contributed by atoms with Gasteiger partial charge >= 0.3 is 5.97 Å². The first-order valence-electron chi connectivity index (χ1n) is 5.20. The van der Waals surface area contributed by atoms with Crippen molar-refractivity contribution in [3.8, 4) is 0 Å². The fraction of sp³-hybridized carbons (Fsp3) is 0.800. The molecule has 0 aromatic rings. The lowest BCUT2D eigenvalue weighted by Crippen LogP contribution is -2.48. The highest BCUT2D eigenvalue weighted by Crippen LogP contribution is 2.20. The third-order valence-electron chi connectivity index (χ3n) is 2.59. The zero-order chi connectivity index (χ0) is 12.1. The second-order valence-electron chi connectivity index (χ2n) is 3.91. The quantitative estimate of drug-likeness (QED) is 0.674. The van der Waals surface area contributed by atoms with Gasteiger partial charge in [-0.3, -0.25) is 4.79 Å². The Kier molecular flexibility index (Phi) is 4.70. The Morgan fingerprint density at radius 3 is 2.75 bits per heavy atom. The lowest BCUT2D eigenvalue weighted by Gasteiger charge is -2.18. The molecule has 6 heteroatoms. The van der Waals surface area contributed by atoms with E-state index in [1.54, 1.807) is 0 Å². The van der Waals surface area contributed by atoms with Crippen LogP contribution in [0.5, 0.6) is 0 Å². The highest BCUT2D eigenvalue weighted by Gasteiger charge is 2.33. The van der Waals surface area contributed by atoms with Gasteiger partial charge in [0.1, 0.15) is 6.10 Å². The molecule has 0 aliphatic carbocycles. The SMILES string of the molecule is COCC(NC(=O)C1OCCC1C)C(=O)O. The van der Waals surface area contributed by atoms with Crippen molar-refractivity contribution in [1.82, 2.24) is 5.32 Å². The van der Waals surface area contributed by atoms with Gasteiger partial charge in [-0.25, -0.2) is 4.79 Å². The maximum Gasteiger partial charge on any atom is 0.328 e. The summed E-state index contributed by atoms with van der Waals surface area (Å²) in [6.45, 7) is 2.40. The Bertz CT molecular complexity index is 268. The van der Waals surface area contributed by atoms with Crippen molar-refractivity contribution in [1.29, 1.82) is 0 Å². The van der Waals surface area contributed by atoms with Gasteiger partial charge in [-0.2, -0.15) is 0 Å². The smallest absolute Gasteiger partial charge is 0.328 e. The molecule has 0 spiro atoms. The van der Waals surface area contributed by atoms with Crippen molar-refractivity contribution in [3.05, 3.63) is 0 Å². The monoisotopic (exact) mass is 231 g/mol. The van der Waals surface area contributed by atoms with Gasteiger partial charge < -0.3 is 19.9 Å². The number of carboxylic acid groups (broad SMARTS) is 1. The Morgan fingerprint density at radius 2 is 2.31 bits per heavy atom. The molecule has 0 radical (unpaired) electrons. The van der Waals surface area contributed by atoms with E-state index >= 15 is 0 Å². The van der Waals surface area contributed by atoms with Crippen LogP contribution < -0.4 is 5.32 Å². The summed E-state index contributed by atoms with van der Waals surface area (Å²) < 4.78 is 9.96. The Labute approximate surface area is 93.9 Å². The first kappa shape index (κ1) is 12.9. The molecule has 3 unspecified atom stereocenters. The molecule has 16 heavy (non-hydrogen) atoms. The van der Waals surface area contributed by atoms with Crippen LogP contribution in [0.25, 0.3) is 0 Å². The minimum Gasteiger partial charge on any atom is -0.480 e. The molecule has 0 saturated carbocycles. The number of carboxylic acids is 1. The van der Waals surface area contributed by atoms with E-state index in [0.29, 0.717) is 6.61 Å². The van der Waals surface area contributed by atoms with Gasteiger partial charge in [-0.15, -0.1) is 0 Å². The summed E-state index contributed by atoms with van der Waals surface area (Å²) in [6.07, 6.45) is 0.277. The molecule has 1 rings (SSSR count). The van der Waals surface area contributed by atoms with Crippen molar-refractivity contribution in [3.63, 3.8) is 0 Å². The second-order valence-corrected chi connectivity index (χ2v) is 3.91. The van der Waals surface area contributed by atoms with Crippen molar-refractivity contribution in [2.75, 3.05) is 20.3 Å². The second kappa shape index (κ2) is 5.81. The predicted molar refractivity (Wildman–Crippen MR) is 55.0 cm³/mol. The van der Waals surface area contributed by atoms with Gasteiger partial charge in [0.15, 0.2) is 6.04 Å². The van der Waals surface area contributed by atoms with E-state index in [4.69, 9.17) is 14.6 Å². The summed E-state index contributed by atoms with van der Waals surface area (Å²) in [5.74, 6) is -1.37. The third-order valence-corrected chi connectivity index (χ3v) is 2.59. The first-order chi connectivity index (χ1) is 7.56. The van der Waals surface area contributed by atoms with Gasteiger partial charge in [0.2, 0.25) is 5.91 Å². The molecule has 6 nitrogen and oxygen atoms in total. The van der Waals surface area contributed by atoms with Crippen LogP contribution in [0.1, 0.15) is 13.3 Å². The Balaban J connectivity index is 2.50. The fourth-order valence-corrected chi connectivity index (χ4v) is 1.63. The highest BCUT2D eigenvalue weighted by molar-refractivity contribution is 5.86. The molecule has 0 aromatic carbocycles. The topological polar surface area (TPSA) is 84.9 Å². The van der Waals surface area contributed by atoms with Crippen LogP contribution in [0.4, 0.5) is 0 Å². The molecule has 1 fully saturated rings. The van der Waals surface area contributed by atoms with Crippen molar-refractivity contribution in [2.45, 2.75) is 25.5 Å². The van der Waals surface area contributed by atoms with Crippen LogP contribution >= 0.6 is 0 Å². The minimum absolute atomic E-state index is 0.0534. The van der Waals surface area contributed by atoms with E-state index in [1.165, 1.54) is 7.11 Å². The molecule has 1 amide bonds. The molecular weight excluding hydrogens is 214 g/mol. The van der Waals surface area contributed by atoms with Crippen molar-refractivity contribution < 1.29 is 24.2 Å². The zero-order valence-corrected chi connectivity index (χ0v) is 9.43. The number of carbonyl (C=O) groups is 2. The number of ether oxygens (including phenoxy) is 2. The summed E-state index contributed by atoms with van der Waals surface area (Å²) in [4.78, 5) is 22.5. The van der Waals surface area contributed by atoms with E-state index in [2.05, 4.69) is 5.32 Å². The number of nitrogens with one attached hydrogen (secondary N) is 1. The van der Waals surface area contributed by atoms with Gasteiger partial charge in [-0.05, 0) is 12.3 Å². The summed E-state index contributed by atoms with van der Waals surface area (Å²) in [7, 11) is 1.39. The number of methoxy groups -OCH3 is 1. The van der Waals surface area contributed by atoms with Crippen LogP contribution in [0.15, 0.2) is 0 Å². The van der Waals surface area contributed by atoms with Crippen molar-refractivity contribution >= 4 is 11.9 Å². The van der Waals surface area contributed by atoms with Crippen LogP contribution in [-0.2, 0) is 19.1 Å². The Morgan fingerprint density at radius 1 is 1.62 bits per heavy atom. The lowest BCUT2D eigenvalue weighted by atomic mass is 10.0. The van der Waals surface area contributed by atoms with E-state index < -0.39 is 18.1 Å². The maximum absolute atomic E-state index is 11.7. The van der Waals surface area contributed by atoms with Crippen LogP contribution in [0, 0.1) is 5.92 Å². The number of hydrogen-bond acceptors (Lipinski definition) is 4. The van der Waals surface area contributed by atoms with Gasteiger partial charge in [-0.1, -0.05) is 6.92 Å². The van der Waals surface area contributed by atoms with Gasteiger partial charge in [0.25, 0.3) is 0 Å². The molecule has 2 N–H and O–H groups in total. The molecule has 1 heterocycles. The van der Waals surface area contributed by atoms with Crippen LogP contribution in [0.2, 0.25) is 0 Å². The molecule has 92 valence electrons. The number of aliphatic carboxylic acids is 1. The van der Waals surface area contributed by atoms with E-state index in [1.807, 2.05) is 6.92 Å². The fourth-order valence-electron chi connectivity index (χ4n) is 1.63. The summed E-state index contributed by atoms with van der Waals surface area (Å²) in [6, 6.07) is -1.02. The number of carbonyl (C=O) groups excluding carboxylic acids is 1. The van der Waals surface area contributed by atoms with E-state index in [9.17, 15) is 9.59 Å². The lowest BCUT2D eigenvalue weighted by molar-refractivity contribution is -0.145. The number of rotatable bonds is 5. The molecule has 0 aromatic heterocycles. The predicted octanol–water partition coefficient (Wildman–Crippen LogP) is -0.373. The average Bonchev–Trinajstić information content (AvgIpc) is 2.63. The average molecular weight is 231 g/mol. The summed E-state index contributed by atoms with van der Waals surface area (Å²) in [5, 5.41) is 11.2. The summed E-state index contributed by atoms with van der Waals surface area (Å²) in [5.41, 5.74) is 0. The van der Waals surface area contributed by atoms with Crippen LogP contribution in [0.3, 0.4) is 0 Å². The third kappa shape index (κ3) is 3.18. The highest BCUT2D eigenvalue weighted by atomic mass is 16.5. The minimum atomic E-state index is -1.11. The zero-order valence-electron chi connectivity index (χ0n) is 9.43. The molecular formula is C10H17NO5. The van der Waals surface area contributed by atoms with Crippen LogP contribution in [-0.4, -0.2) is 49.5 Å². The summed E-state index contributed by atoms with van der Waals surface area (Å²) >= 11 is 0. The standard InChI is InChI=1S/C10H17NO5/c1-6-3-4-16-8(6)9(12)11-7(5-15-2)10(13)14/h6-8H,3-5H2,1-2H3,(H,11,12)(H,13,14). The molecule has 3 atom stereocenters. The van der Waals surface area contributed by atoms with E-state index in [0.717, 1.165) is 6.42 Å². The number of hydrogen-bond donors (Lipinski definition) is 2. The Hall–Kier alpha value is -1.14. The maximum atomic E-state index is 11.7. The normalized spacial score (nSPS) is 26.4. The van der Waals surface area contributed by atoms with E-state index in [-0.39, 0.29) is 18.4 Å². The van der Waals surface area contributed by atoms with Crippen molar-refractivity contribution in [2.24, 2.45) is 5.92 Å². The largest absolute Gasteiger partial charge is 0.480 e. The molecule has 1 aliphatic heterocycles. The van der Waals surface area contributed by atoms with Gasteiger partial charge in [0.05, 0.1) is 6.61 Å². The molecule has 1 saturated heterocycles. The first-order valence-corrected chi connectivity index (χ1v) is 5.20. The van der Waals surface area contributed by atoms with Gasteiger partial charge in [0, 0.05) is 13.7 Å². The molecule has 0 bridgehead atoms. The number of amides is 1. The molecule has 1 aliphatic rings.